The van der Waals surface area contributed by atoms with E-state index in [9.17, 15) is 13.2 Å². The van der Waals surface area contributed by atoms with Gasteiger partial charge in [0, 0.05) is 0 Å². The van der Waals surface area contributed by atoms with Crippen LogP contribution in [0, 0.1) is 28.8 Å². The molecule has 0 unspecified atom stereocenters. The first-order valence-electron chi connectivity index (χ1n) is 7.89. The van der Waals surface area contributed by atoms with Gasteiger partial charge in [-0.15, -0.1) is 0 Å². The van der Waals surface area contributed by atoms with Crippen LogP contribution in [0.15, 0.2) is 42.5 Å². The number of aliphatic hydroxyl groups excluding tert-OH is 1. The van der Waals surface area contributed by atoms with E-state index >= 15 is 0 Å². The Morgan fingerprint density at radius 2 is 1.48 bits per heavy atom. The fourth-order valence-electron chi connectivity index (χ4n) is 1.96. The molecule has 0 fully saturated rings. The van der Waals surface area contributed by atoms with E-state index in [4.69, 9.17) is 38.3 Å². The standard InChI is InChI=1S/C13H7ClF2N2O.C6H5ClFNO/c14-13-4-2-9(15)11(18-13)7-19-12-3-1-8(6-17)5-10(12)16;7-6-2-1-4(8)5(3-10)9-6/h1-5H,7H2;1-2,10H,3H2. The molecule has 2 aromatic heterocycles. The number of hydrogen-bond donors (Lipinski definition) is 1. The van der Waals surface area contributed by atoms with E-state index in [1.165, 1.54) is 30.3 Å². The maximum atomic E-state index is 13.5. The molecule has 5 nitrogen and oxygen atoms in total. The van der Waals surface area contributed by atoms with Crippen molar-refractivity contribution in [3.05, 3.63) is 87.2 Å². The van der Waals surface area contributed by atoms with E-state index in [0.717, 1.165) is 12.1 Å². The van der Waals surface area contributed by atoms with Gasteiger partial charge in [0.2, 0.25) is 0 Å². The van der Waals surface area contributed by atoms with Crippen LogP contribution in [-0.2, 0) is 13.2 Å². The molecule has 3 rings (SSSR count). The van der Waals surface area contributed by atoms with Gasteiger partial charge < -0.3 is 9.84 Å². The van der Waals surface area contributed by atoms with E-state index in [2.05, 4.69) is 9.97 Å². The monoisotopic (exact) mass is 441 g/mol. The average Bonchev–Trinajstić information content (AvgIpc) is 2.71. The zero-order valence-electron chi connectivity index (χ0n) is 14.5. The fraction of sp³-hybridized carbons (Fsp3) is 0.105. The van der Waals surface area contributed by atoms with E-state index < -0.39 is 24.1 Å². The molecule has 1 aromatic carbocycles. The second-order valence-corrected chi connectivity index (χ2v) is 6.10. The van der Waals surface area contributed by atoms with Crippen LogP contribution in [0.4, 0.5) is 13.2 Å². The lowest BCUT2D eigenvalue weighted by atomic mass is 10.2. The number of ether oxygens (including phenoxy) is 1. The predicted molar refractivity (Wildman–Crippen MR) is 99.8 cm³/mol. The Balaban J connectivity index is 0.000000253. The SMILES string of the molecule is N#Cc1ccc(OCc2nc(Cl)ccc2F)c(F)c1.OCc1nc(Cl)ccc1F. The molecule has 0 atom stereocenters. The number of hydrogen-bond acceptors (Lipinski definition) is 5. The molecule has 2 heterocycles. The van der Waals surface area contributed by atoms with Crippen LogP contribution in [0.2, 0.25) is 10.3 Å². The van der Waals surface area contributed by atoms with Crippen LogP contribution in [0.25, 0.3) is 0 Å². The molecule has 0 amide bonds. The minimum Gasteiger partial charge on any atom is -0.484 e. The summed E-state index contributed by atoms with van der Waals surface area (Å²) in [5, 5.41) is 17.4. The van der Waals surface area contributed by atoms with Crippen molar-refractivity contribution < 1.29 is 23.0 Å². The molecule has 0 aliphatic heterocycles. The zero-order chi connectivity index (χ0) is 21.4. The molecule has 0 bridgehead atoms. The minimum atomic E-state index is -0.693. The van der Waals surface area contributed by atoms with Gasteiger partial charge in [0.1, 0.15) is 39.9 Å². The van der Waals surface area contributed by atoms with Crippen LogP contribution < -0.4 is 4.74 Å². The summed E-state index contributed by atoms with van der Waals surface area (Å²) in [6, 6.07) is 10.5. The van der Waals surface area contributed by atoms with Gasteiger partial charge in [-0.25, -0.2) is 23.1 Å². The average molecular weight is 442 g/mol. The van der Waals surface area contributed by atoms with E-state index in [1.54, 1.807) is 6.07 Å². The zero-order valence-corrected chi connectivity index (χ0v) is 16.1. The van der Waals surface area contributed by atoms with Crippen molar-refractivity contribution in [3.63, 3.8) is 0 Å². The highest BCUT2D eigenvalue weighted by Crippen LogP contribution is 2.20. The van der Waals surface area contributed by atoms with Crippen molar-refractivity contribution in [2.75, 3.05) is 0 Å². The summed E-state index contributed by atoms with van der Waals surface area (Å²) >= 11 is 11.0. The van der Waals surface area contributed by atoms with Crippen LogP contribution in [0.3, 0.4) is 0 Å². The molecule has 3 aromatic rings. The first-order chi connectivity index (χ1) is 13.8. The molecular weight excluding hydrogens is 430 g/mol. The van der Waals surface area contributed by atoms with Gasteiger partial charge in [0.05, 0.1) is 18.2 Å². The van der Waals surface area contributed by atoms with Crippen molar-refractivity contribution in [3.8, 4) is 11.8 Å². The maximum absolute atomic E-state index is 13.5. The number of halogens is 5. The second-order valence-electron chi connectivity index (χ2n) is 5.33. The molecule has 0 saturated heterocycles. The van der Waals surface area contributed by atoms with Crippen molar-refractivity contribution in [1.82, 2.24) is 9.97 Å². The van der Waals surface area contributed by atoms with Gasteiger partial charge in [-0.3, -0.25) is 0 Å². The van der Waals surface area contributed by atoms with Gasteiger partial charge in [-0.2, -0.15) is 5.26 Å². The summed E-state index contributed by atoms with van der Waals surface area (Å²) < 4.78 is 44.5. The Hall–Kier alpha value is -2.86. The number of benzene rings is 1. The minimum absolute atomic E-state index is 0.0174. The predicted octanol–water partition coefficient (Wildman–Crippen LogP) is 4.83. The van der Waals surface area contributed by atoms with Crippen molar-refractivity contribution in [2.24, 2.45) is 0 Å². The third-order valence-electron chi connectivity index (χ3n) is 3.34. The molecule has 1 N–H and O–H groups in total. The Bertz CT molecular complexity index is 1050. The highest BCUT2D eigenvalue weighted by atomic mass is 35.5. The second kappa shape index (κ2) is 10.6. The third kappa shape index (κ3) is 6.61. The molecule has 0 saturated carbocycles. The highest BCUT2D eigenvalue weighted by Gasteiger charge is 2.09. The molecule has 0 radical (unpaired) electrons. The van der Waals surface area contributed by atoms with Gasteiger partial charge in [0.25, 0.3) is 0 Å². The first-order valence-corrected chi connectivity index (χ1v) is 8.64. The molecule has 29 heavy (non-hydrogen) atoms. The normalized spacial score (nSPS) is 9.97. The first kappa shape index (κ1) is 22.4. The molecule has 10 heteroatoms. The summed E-state index contributed by atoms with van der Waals surface area (Å²) in [4.78, 5) is 7.27. The van der Waals surface area contributed by atoms with Crippen molar-refractivity contribution in [2.45, 2.75) is 13.2 Å². The quantitative estimate of drug-likeness (QED) is 0.586. The number of pyridine rings is 2. The van der Waals surface area contributed by atoms with Gasteiger partial charge in [0.15, 0.2) is 11.6 Å². The fourth-order valence-corrected chi connectivity index (χ4v) is 2.29. The van der Waals surface area contributed by atoms with Crippen molar-refractivity contribution >= 4 is 23.2 Å². The van der Waals surface area contributed by atoms with Gasteiger partial charge >= 0.3 is 0 Å². The third-order valence-corrected chi connectivity index (χ3v) is 3.77. The summed E-state index contributed by atoms with van der Waals surface area (Å²) in [5.41, 5.74) is 0.140. The summed E-state index contributed by atoms with van der Waals surface area (Å²) in [6.45, 7) is -0.679. The molecule has 150 valence electrons. The number of aromatic nitrogens is 2. The molecule has 0 aliphatic carbocycles. The maximum Gasteiger partial charge on any atom is 0.166 e. The van der Waals surface area contributed by atoms with E-state index in [-0.39, 0.29) is 39.6 Å². The Labute approximate surface area is 173 Å². The van der Waals surface area contributed by atoms with Crippen LogP contribution in [0.1, 0.15) is 17.0 Å². The largest absolute Gasteiger partial charge is 0.484 e. The highest BCUT2D eigenvalue weighted by molar-refractivity contribution is 6.29. The van der Waals surface area contributed by atoms with E-state index in [0.29, 0.717) is 0 Å². The topological polar surface area (TPSA) is 79.0 Å². The molecular formula is C19H12Cl2F3N3O2. The smallest absolute Gasteiger partial charge is 0.166 e. The molecule has 0 spiro atoms. The lowest BCUT2D eigenvalue weighted by Crippen LogP contribution is -2.03. The summed E-state index contributed by atoms with van der Waals surface area (Å²) in [7, 11) is 0. The summed E-state index contributed by atoms with van der Waals surface area (Å²) in [5.74, 6) is -1.90. The number of aliphatic hydroxyl groups is 1. The Morgan fingerprint density at radius 1 is 0.897 bits per heavy atom. The number of nitrogens with zero attached hydrogens (tertiary/aromatic N) is 3. The Kier molecular flexibility index (Phi) is 8.21. The van der Waals surface area contributed by atoms with Crippen LogP contribution in [0.5, 0.6) is 5.75 Å². The lowest BCUT2D eigenvalue weighted by molar-refractivity contribution is 0.270. The number of rotatable bonds is 4. The Morgan fingerprint density at radius 3 is 2.00 bits per heavy atom. The van der Waals surface area contributed by atoms with E-state index in [1.807, 2.05) is 0 Å². The van der Waals surface area contributed by atoms with Crippen LogP contribution in [-0.4, -0.2) is 15.1 Å². The van der Waals surface area contributed by atoms with Gasteiger partial charge in [-0.1, -0.05) is 23.2 Å². The number of nitriles is 1. The lowest BCUT2D eigenvalue weighted by Gasteiger charge is -2.07. The molecule has 0 aliphatic rings. The summed E-state index contributed by atoms with van der Waals surface area (Å²) in [6.07, 6.45) is 0. The van der Waals surface area contributed by atoms with Crippen LogP contribution >= 0.6 is 23.2 Å². The van der Waals surface area contributed by atoms with Gasteiger partial charge in [-0.05, 0) is 42.5 Å². The van der Waals surface area contributed by atoms with Crippen molar-refractivity contribution in [1.29, 1.82) is 5.26 Å².